The highest BCUT2D eigenvalue weighted by Crippen LogP contribution is 2.25. The van der Waals surface area contributed by atoms with E-state index in [0.29, 0.717) is 29.7 Å². The van der Waals surface area contributed by atoms with Gasteiger partial charge in [0.25, 0.3) is 0 Å². The van der Waals surface area contributed by atoms with Crippen LogP contribution in [0.4, 0.5) is 0 Å². The summed E-state index contributed by atoms with van der Waals surface area (Å²) in [6, 6.07) is 3.64. The Morgan fingerprint density at radius 3 is 2.96 bits per heavy atom. The van der Waals surface area contributed by atoms with E-state index >= 15 is 0 Å². The minimum absolute atomic E-state index is 0.0622. The standard InChI is InChI=1S/C16H17N3O4S2/c20-14-2-1-11(9-23-12-3-5-17-6-4-12)19(14)7-8-24-16-18-13(10-25-16)15(21)22/h3-6,10-11H,1-2,7-9H2,(H,21,22)/t11-/m1/s1. The molecule has 0 spiro atoms. The third kappa shape index (κ3) is 4.70. The Morgan fingerprint density at radius 1 is 1.44 bits per heavy atom. The number of rotatable bonds is 8. The van der Waals surface area contributed by atoms with E-state index in [4.69, 9.17) is 9.84 Å². The van der Waals surface area contributed by atoms with Gasteiger partial charge in [0.1, 0.15) is 12.4 Å². The third-order valence-electron chi connectivity index (χ3n) is 3.80. The highest BCUT2D eigenvalue weighted by atomic mass is 32.2. The van der Waals surface area contributed by atoms with Gasteiger partial charge in [-0.25, -0.2) is 9.78 Å². The van der Waals surface area contributed by atoms with E-state index in [1.54, 1.807) is 24.5 Å². The summed E-state index contributed by atoms with van der Waals surface area (Å²) in [7, 11) is 0. The number of ether oxygens (including phenoxy) is 1. The lowest BCUT2D eigenvalue weighted by Gasteiger charge is -2.24. The van der Waals surface area contributed by atoms with Gasteiger partial charge in [0.2, 0.25) is 5.91 Å². The smallest absolute Gasteiger partial charge is 0.355 e. The quantitative estimate of drug-likeness (QED) is 0.704. The van der Waals surface area contributed by atoms with Gasteiger partial charge < -0.3 is 14.7 Å². The number of hydrogen-bond acceptors (Lipinski definition) is 7. The molecule has 0 radical (unpaired) electrons. The largest absolute Gasteiger partial charge is 0.491 e. The van der Waals surface area contributed by atoms with E-state index < -0.39 is 5.97 Å². The van der Waals surface area contributed by atoms with Crippen LogP contribution >= 0.6 is 23.1 Å². The lowest BCUT2D eigenvalue weighted by Crippen LogP contribution is -2.38. The van der Waals surface area contributed by atoms with Crippen LogP contribution in [0.2, 0.25) is 0 Å². The van der Waals surface area contributed by atoms with Crippen molar-refractivity contribution in [2.45, 2.75) is 23.2 Å². The summed E-state index contributed by atoms with van der Waals surface area (Å²) in [6.45, 7) is 1.05. The molecule has 1 atom stereocenters. The van der Waals surface area contributed by atoms with Crippen LogP contribution in [-0.4, -0.2) is 56.8 Å². The highest BCUT2D eigenvalue weighted by Gasteiger charge is 2.31. The maximum absolute atomic E-state index is 12.1. The number of thioether (sulfide) groups is 1. The van der Waals surface area contributed by atoms with Crippen molar-refractivity contribution >= 4 is 35.0 Å². The lowest BCUT2D eigenvalue weighted by atomic mass is 10.2. The molecule has 1 N–H and O–H groups in total. The molecule has 0 aliphatic carbocycles. The Labute approximate surface area is 153 Å². The molecule has 0 bridgehead atoms. The van der Waals surface area contributed by atoms with Crippen molar-refractivity contribution in [2.75, 3.05) is 18.9 Å². The number of pyridine rings is 1. The van der Waals surface area contributed by atoms with Crippen LogP contribution in [0.3, 0.4) is 0 Å². The zero-order valence-electron chi connectivity index (χ0n) is 13.3. The van der Waals surface area contributed by atoms with Crippen LogP contribution < -0.4 is 4.74 Å². The van der Waals surface area contributed by atoms with Crippen LogP contribution in [0.25, 0.3) is 0 Å². The van der Waals surface area contributed by atoms with Crippen molar-refractivity contribution in [1.82, 2.24) is 14.9 Å². The number of likely N-dealkylation sites (tertiary alicyclic amines) is 1. The topological polar surface area (TPSA) is 92.6 Å². The van der Waals surface area contributed by atoms with Gasteiger partial charge in [0.15, 0.2) is 10.0 Å². The number of thiazole rings is 1. The molecule has 25 heavy (non-hydrogen) atoms. The van der Waals surface area contributed by atoms with Gasteiger partial charge in [-0.3, -0.25) is 9.78 Å². The second-order valence-electron chi connectivity index (χ2n) is 5.43. The van der Waals surface area contributed by atoms with E-state index in [2.05, 4.69) is 9.97 Å². The van der Waals surface area contributed by atoms with Gasteiger partial charge in [0, 0.05) is 36.5 Å². The zero-order valence-corrected chi connectivity index (χ0v) is 15.0. The Hall–Kier alpha value is -2.13. The van der Waals surface area contributed by atoms with Crippen molar-refractivity contribution in [3.63, 3.8) is 0 Å². The molecular weight excluding hydrogens is 362 g/mol. The first-order valence-electron chi connectivity index (χ1n) is 7.77. The predicted octanol–water partition coefficient (Wildman–Crippen LogP) is 2.40. The molecule has 132 valence electrons. The first-order chi connectivity index (χ1) is 12.1. The van der Waals surface area contributed by atoms with Crippen molar-refractivity contribution in [2.24, 2.45) is 0 Å². The number of carboxylic acids is 1. The molecule has 3 rings (SSSR count). The SMILES string of the molecule is O=C(O)c1csc(SCCN2C(=O)CC[C@@H]2COc2ccncc2)n1. The van der Waals surface area contributed by atoms with E-state index in [9.17, 15) is 9.59 Å². The van der Waals surface area contributed by atoms with E-state index in [1.165, 1.54) is 28.5 Å². The van der Waals surface area contributed by atoms with Gasteiger partial charge in [-0.05, 0) is 18.6 Å². The number of carbonyl (C=O) groups excluding carboxylic acids is 1. The molecule has 7 nitrogen and oxygen atoms in total. The van der Waals surface area contributed by atoms with Crippen molar-refractivity contribution < 1.29 is 19.4 Å². The number of amides is 1. The van der Waals surface area contributed by atoms with Gasteiger partial charge in [-0.1, -0.05) is 11.8 Å². The van der Waals surface area contributed by atoms with Crippen molar-refractivity contribution in [1.29, 1.82) is 0 Å². The Kier molecular flexibility index (Phi) is 5.87. The molecule has 0 aromatic carbocycles. The maximum atomic E-state index is 12.1. The minimum atomic E-state index is -1.02. The van der Waals surface area contributed by atoms with Crippen LogP contribution in [-0.2, 0) is 4.79 Å². The first kappa shape index (κ1) is 17.7. The fourth-order valence-corrected chi connectivity index (χ4v) is 4.36. The molecule has 2 aromatic rings. The number of nitrogens with zero attached hydrogens (tertiary/aromatic N) is 3. The number of hydrogen-bond donors (Lipinski definition) is 1. The van der Waals surface area contributed by atoms with Gasteiger partial charge in [-0.2, -0.15) is 0 Å². The second-order valence-corrected chi connectivity index (χ2v) is 7.63. The predicted molar refractivity (Wildman–Crippen MR) is 94.3 cm³/mol. The molecule has 1 aliphatic heterocycles. The molecule has 3 heterocycles. The van der Waals surface area contributed by atoms with Crippen molar-refractivity contribution in [3.05, 3.63) is 35.6 Å². The average molecular weight is 379 g/mol. The average Bonchev–Trinajstić information content (AvgIpc) is 3.22. The minimum Gasteiger partial charge on any atom is -0.491 e. The zero-order chi connectivity index (χ0) is 17.6. The fourth-order valence-electron chi connectivity index (χ4n) is 2.55. The van der Waals surface area contributed by atoms with E-state index in [1.807, 2.05) is 4.90 Å². The molecule has 0 saturated carbocycles. The summed E-state index contributed by atoms with van der Waals surface area (Å²) in [5.41, 5.74) is 0.0633. The van der Waals surface area contributed by atoms with Gasteiger partial charge in [0.05, 0.1) is 6.04 Å². The highest BCUT2D eigenvalue weighted by molar-refractivity contribution is 8.01. The molecular formula is C16H17N3O4S2. The molecule has 1 fully saturated rings. The number of aromatic carboxylic acids is 1. The van der Waals surface area contributed by atoms with Crippen LogP contribution in [0.1, 0.15) is 23.3 Å². The van der Waals surface area contributed by atoms with E-state index in [-0.39, 0.29) is 17.6 Å². The van der Waals surface area contributed by atoms with Gasteiger partial charge >= 0.3 is 5.97 Å². The molecule has 1 aliphatic rings. The van der Waals surface area contributed by atoms with Crippen LogP contribution in [0, 0.1) is 0 Å². The van der Waals surface area contributed by atoms with Crippen LogP contribution in [0.5, 0.6) is 5.75 Å². The molecule has 9 heteroatoms. The number of carbonyl (C=O) groups is 2. The molecule has 1 amide bonds. The monoisotopic (exact) mass is 379 g/mol. The molecule has 2 aromatic heterocycles. The fraction of sp³-hybridized carbons (Fsp3) is 0.375. The Bertz CT molecular complexity index is 738. The Morgan fingerprint density at radius 2 is 2.24 bits per heavy atom. The molecule has 0 unspecified atom stereocenters. The van der Waals surface area contributed by atoms with E-state index in [0.717, 1.165) is 12.2 Å². The second kappa shape index (κ2) is 8.30. The lowest BCUT2D eigenvalue weighted by molar-refractivity contribution is -0.129. The summed E-state index contributed by atoms with van der Waals surface area (Å²) >= 11 is 2.77. The Balaban J connectivity index is 1.49. The summed E-state index contributed by atoms with van der Waals surface area (Å²) in [5, 5.41) is 10.4. The number of aromatic nitrogens is 2. The summed E-state index contributed by atoms with van der Waals surface area (Å²) < 4.78 is 6.45. The maximum Gasteiger partial charge on any atom is 0.355 e. The summed E-state index contributed by atoms with van der Waals surface area (Å²) in [4.78, 5) is 32.8. The first-order valence-corrected chi connectivity index (χ1v) is 9.64. The summed E-state index contributed by atoms with van der Waals surface area (Å²) in [5.74, 6) is 0.525. The van der Waals surface area contributed by atoms with Crippen molar-refractivity contribution in [3.8, 4) is 5.75 Å². The van der Waals surface area contributed by atoms with Crippen LogP contribution in [0.15, 0.2) is 34.2 Å². The molecule has 1 saturated heterocycles. The normalized spacial score (nSPS) is 17.0. The summed E-state index contributed by atoms with van der Waals surface area (Å²) in [6.07, 6.45) is 4.66. The number of carboxylic acid groups (broad SMARTS) is 1. The van der Waals surface area contributed by atoms with Gasteiger partial charge in [-0.15, -0.1) is 11.3 Å². The third-order valence-corrected chi connectivity index (χ3v) is 5.81.